The minimum absolute atomic E-state index is 0.00289. The van der Waals surface area contributed by atoms with Crippen LogP contribution in [0.5, 0.6) is 0 Å². The van der Waals surface area contributed by atoms with E-state index in [2.05, 4.69) is 19.9 Å². The topological polar surface area (TPSA) is 84.2 Å². The van der Waals surface area contributed by atoms with Crippen molar-refractivity contribution in [3.05, 3.63) is 45.9 Å². The largest absolute Gasteiger partial charge is 0.339 e. The van der Waals surface area contributed by atoms with Crippen LogP contribution in [-0.4, -0.2) is 56.5 Å². The van der Waals surface area contributed by atoms with Crippen LogP contribution in [0.1, 0.15) is 17.1 Å². The van der Waals surface area contributed by atoms with Crippen molar-refractivity contribution in [2.45, 2.75) is 20.3 Å². The first-order chi connectivity index (χ1) is 12.0. The average molecular weight is 342 g/mol. The first-order valence-corrected chi connectivity index (χ1v) is 8.30. The number of piperazine rings is 1. The number of nitrogens with zero attached hydrogens (tertiary/aromatic N) is 6. The molecule has 0 saturated carbocycles. The highest BCUT2D eigenvalue weighted by molar-refractivity contribution is 5.79. The Morgan fingerprint density at radius 3 is 2.40 bits per heavy atom. The van der Waals surface area contributed by atoms with Gasteiger partial charge in [-0.25, -0.2) is 15.0 Å². The number of aromatic nitrogens is 4. The summed E-state index contributed by atoms with van der Waals surface area (Å²) < 4.78 is 1.50. The minimum Gasteiger partial charge on any atom is -0.339 e. The van der Waals surface area contributed by atoms with Crippen LogP contribution in [0.25, 0.3) is 0 Å². The van der Waals surface area contributed by atoms with Crippen molar-refractivity contribution < 1.29 is 4.79 Å². The highest BCUT2D eigenvalue weighted by atomic mass is 16.2. The van der Waals surface area contributed by atoms with Crippen LogP contribution in [0.2, 0.25) is 0 Å². The fraction of sp³-hybridized carbons (Fsp3) is 0.471. The van der Waals surface area contributed by atoms with Gasteiger partial charge in [-0.1, -0.05) is 0 Å². The molecule has 1 aliphatic rings. The maximum atomic E-state index is 12.6. The monoisotopic (exact) mass is 342 g/mol. The molecule has 0 atom stereocenters. The first-order valence-electron chi connectivity index (χ1n) is 8.30. The van der Waals surface area contributed by atoms with E-state index in [1.807, 2.05) is 4.90 Å². The van der Waals surface area contributed by atoms with Crippen LogP contribution < -0.4 is 10.5 Å². The number of hydrogen-bond donors (Lipinski definition) is 0. The molecule has 2 aromatic rings. The Bertz CT molecular complexity index is 825. The number of aryl methyl sites for hydroxylation is 1. The van der Waals surface area contributed by atoms with Crippen molar-refractivity contribution in [2.24, 2.45) is 7.05 Å². The quantitative estimate of drug-likeness (QED) is 0.785. The van der Waals surface area contributed by atoms with Crippen LogP contribution >= 0.6 is 0 Å². The van der Waals surface area contributed by atoms with Gasteiger partial charge >= 0.3 is 0 Å². The van der Waals surface area contributed by atoms with Gasteiger partial charge in [-0.15, -0.1) is 0 Å². The smallest absolute Gasteiger partial charge is 0.256 e. The molecular formula is C17H22N6O2. The van der Waals surface area contributed by atoms with E-state index in [0.717, 1.165) is 0 Å². The minimum atomic E-state index is -0.0960. The van der Waals surface area contributed by atoms with Crippen molar-refractivity contribution in [3.8, 4) is 0 Å². The molecule has 1 saturated heterocycles. The Morgan fingerprint density at radius 2 is 1.76 bits per heavy atom. The predicted octanol–water partition coefficient (Wildman–Crippen LogP) is 0.0784. The van der Waals surface area contributed by atoms with Crippen molar-refractivity contribution in [1.29, 1.82) is 0 Å². The Hall–Kier alpha value is -2.77. The van der Waals surface area contributed by atoms with E-state index < -0.39 is 0 Å². The van der Waals surface area contributed by atoms with E-state index in [0.29, 0.717) is 49.2 Å². The summed E-state index contributed by atoms with van der Waals surface area (Å²) in [5.41, 5.74) is 1.01. The maximum absolute atomic E-state index is 12.6. The summed E-state index contributed by atoms with van der Waals surface area (Å²) in [6, 6.07) is 1.78. The molecule has 25 heavy (non-hydrogen) atoms. The van der Waals surface area contributed by atoms with Crippen molar-refractivity contribution in [3.63, 3.8) is 0 Å². The molecule has 3 rings (SSSR count). The van der Waals surface area contributed by atoms with Gasteiger partial charge in [-0.05, 0) is 19.9 Å². The van der Waals surface area contributed by atoms with E-state index in [9.17, 15) is 9.59 Å². The Morgan fingerprint density at radius 1 is 1.12 bits per heavy atom. The third-order valence-corrected chi connectivity index (χ3v) is 4.63. The summed E-state index contributed by atoms with van der Waals surface area (Å²) in [4.78, 5) is 41.5. The Labute approximate surface area is 146 Å². The van der Waals surface area contributed by atoms with Crippen molar-refractivity contribution in [2.75, 3.05) is 31.1 Å². The Kier molecular flexibility index (Phi) is 4.78. The lowest BCUT2D eigenvalue weighted by molar-refractivity contribution is -0.130. The number of anilines is 1. The molecule has 1 amide bonds. The molecule has 3 heterocycles. The molecule has 0 radical (unpaired) electrons. The first kappa shape index (κ1) is 17.1. The number of carbonyl (C=O) groups excluding carboxylic acids is 1. The van der Waals surface area contributed by atoms with Crippen LogP contribution in [0.3, 0.4) is 0 Å². The van der Waals surface area contributed by atoms with Gasteiger partial charge in [-0.3, -0.25) is 14.2 Å². The highest BCUT2D eigenvalue weighted by Crippen LogP contribution is 2.11. The number of hydrogen-bond acceptors (Lipinski definition) is 6. The molecular weight excluding hydrogens is 320 g/mol. The van der Waals surface area contributed by atoms with Gasteiger partial charge in [0.25, 0.3) is 5.56 Å². The second-order valence-electron chi connectivity index (χ2n) is 6.19. The summed E-state index contributed by atoms with van der Waals surface area (Å²) in [6.45, 7) is 6.10. The zero-order chi connectivity index (χ0) is 18.0. The molecule has 1 aliphatic heterocycles. The fourth-order valence-corrected chi connectivity index (χ4v) is 2.91. The lowest BCUT2D eigenvalue weighted by Gasteiger charge is -2.34. The highest BCUT2D eigenvalue weighted by Gasteiger charge is 2.23. The molecule has 0 N–H and O–H groups in total. The molecule has 8 heteroatoms. The predicted molar refractivity (Wildman–Crippen MR) is 93.5 cm³/mol. The van der Waals surface area contributed by atoms with Gasteiger partial charge in [0.05, 0.1) is 12.1 Å². The molecule has 0 aromatic carbocycles. The summed E-state index contributed by atoms with van der Waals surface area (Å²) in [6.07, 6.45) is 3.59. The van der Waals surface area contributed by atoms with Gasteiger partial charge in [-0.2, -0.15) is 0 Å². The van der Waals surface area contributed by atoms with Gasteiger partial charge < -0.3 is 9.80 Å². The second kappa shape index (κ2) is 7.00. The number of rotatable bonds is 3. The lowest BCUT2D eigenvalue weighted by Crippen LogP contribution is -2.49. The van der Waals surface area contributed by atoms with E-state index >= 15 is 0 Å². The molecule has 0 spiro atoms. The third-order valence-electron chi connectivity index (χ3n) is 4.63. The summed E-state index contributed by atoms with van der Waals surface area (Å²) >= 11 is 0. The van der Waals surface area contributed by atoms with Crippen molar-refractivity contribution >= 4 is 11.9 Å². The van der Waals surface area contributed by atoms with Gasteiger partial charge in [0.1, 0.15) is 5.82 Å². The van der Waals surface area contributed by atoms with Crippen LogP contribution in [0.4, 0.5) is 5.95 Å². The average Bonchev–Trinajstić information content (AvgIpc) is 2.65. The van der Waals surface area contributed by atoms with Gasteiger partial charge in [0, 0.05) is 51.2 Å². The summed E-state index contributed by atoms with van der Waals surface area (Å²) in [5, 5.41) is 0. The van der Waals surface area contributed by atoms with Crippen molar-refractivity contribution in [1.82, 2.24) is 24.4 Å². The van der Waals surface area contributed by atoms with Gasteiger partial charge in [0.2, 0.25) is 11.9 Å². The van der Waals surface area contributed by atoms with Crippen LogP contribution in [-0.2, 0) is 18.3 Å². The zero-order valence-corrected chi connectivity index (χ0v) is 14.8. The zero-order valence-electron chi connectivity index (χ0n) is 14.8. The molecule has 0 aliphatic carbocycles. The number of carbonyl (C=O) groups is 1. The SMILES string of the molecule is Cc1c(CC(=O)N2CCN(c3ncccn3)CC2)nc(C)n(C)c1=O. The molecule has 132 valence electrons. The molecule has 0 unspecified atom stereocenters. The van der Waals surface area contributed by atoms with E-state index in [1.165, 1.54) is 4.57 Å². The maximum Gasteiger partial charge on any atom is 0.256 e. The molecule has 0 bridgehead atoms. The third kappa shape index (κ3) is 3.52. The Balaban J connectivity index is 1.65. The van der Waals surface area contributed by atoms with E-state index in [4.69, 9.17) is 0 Å². The van der Waals surface area contributed by atoms with Crippen LogP contribution in [0, 0.1) is 13.8 Å². The fourth-order valence-electron chi connectivity index (χ4n) is 2.91. The van der Waals surface area contributed by atoms with E-state index in [1.54, 1.807) is 39.4 Å². The molecule has 1 fully saturated rings. The summed E-state index contributed by atoms with van der Waals surface area (Å²) in [5.74, 6) is 1.30. The molecule has 8 nitrogen and oxygen atoms in total. The summed E-state index contributed by atoms with van der Waals surface area (Å²) in [7, 11) is 1.69. The molecule has 2 aromatic heterocycles. The second-order valence-corrected chi connectivity index (χ2v) is 6.19. The van der Waals surface area contributed by atoms with E-state index in [-0.39, 0.29) is 17.9 Å². The number of amides is 1. The standard InChI is InChI=1S/C17H22N6O2/c1-12-14(20-13(2)21(3)16(12)25)11-15(24)22-7-9-23(10-8-22)17-18-5-4-6-19-17/h4-6H,7-11H2,1-3H3. The van der Waals surface area contributed by atoms with Crippen LogP contribution in [0.15, 0.2) is 23.3 Å². The lowest BCUT2D eigenvalue weighted by atomic mass is 10.1. The van der Waals surface area contributed by atoms with Gasteiger partial charge in [0.15, 0.2) is 0 Å². The normalized spacial score (nSPS) is 14.7.